The van der Waals surface area contributed by atoms with E-state index in [1.165, 1.54) is 11.5 Å². The van der Waals surface area contributed by atoms with Crippen LogP contribution in [0.1, 0.15) is 5.56 Å². The quantitative estimate of drug-likeness (QED) is 0.854. The summed E-state index contributed by atoms with van der Waals surface area (Å²) in [7, 11) is 0. The second kappa shape index (κ2) is 5.80. The summed E-state index contributed by atoms with van der Waals surface area (Å²) >= 11 is 3.99. The lowest BCUT2D eigenvalue weighted by molar-refractivity contribution is 0.663. The van der Waals surface area contributed by atoms with Gasteiger partial charge in [0.1, 0.15) is 0 Å². The van der Waals surface area contributed by atoms with Crippen LogP contribution in [0.25, 0.3) is 0 Å². The summed E-state index contributed by atoms with van der Waals surface area (Å²) in [5.41, 5.74) is 14.0. The highest BCUT2D eigenvalue weighted by atomic mass is 32.2. The summed E-state index contributed by atoms with van der Waals surface area (Å²) in [6, 6.07) is 2.02. The summed E-state index contributed by atoms with van der Waals surface area (Å²) < 4.78 is 0. The first-order valence-corrected chi connectivity index (χ1v) is 7.61. The first-order chi connectivity index (χ1) is 7.77. The van der Waals surface area contributed by atoms with Crippen LogP contribution in [0.3, 0.4) is 0 Å². The lowest BCUT2D eigenvalue weighted by Gasteiger charge is -2.26. The Bertz CT molecular complexity index is 340. The average Bonchev–Trinajstić information content (AvgIpc) is 2.33. The van der Waals surface area contributed by atoms with Gasteiger partial charge in [0, 0.05) is 46.6 Å². The van der Waals surface area contributed by atoms with Gasteiger partial charge >= 0.3 is 0 Å². The molecule has 3 nitrogen and oxygen atoms in total. The number of nitrogens with zero attached hydrogens (tertiary/aromatic N) is 1. The molecular weight excluding hydrogens is 238 g/mol. The molecule has 0 saturated carbocycles. The standard InChI is InChI=1S/C11H17N3S2/c12-9-1-2-14-6-8(9)5-10(13)11-7-15-3-4-16-11/h1-2,6,10-11H,3-5,7,13H2,(H2,12,14). The molecule has 1 aromatic rings. The molecule has 2 rings (SSSR count). The lowest BCUT2D eigenvalue weighted by atomic mass is 10.0. The SMILES string of the molecule is Nc1ccncc1CC(N)C1CSCCS1. The van der Waals surface area contributed by atoms with Crippen molar-refractivity contribution < 1.29 is 0 Å². The zero-order chi connectivity index (χ0) is 11.4. The predicted octanol–water partition coefficient (Wildman–Crippen LogP) is 1.38. The van der Waals surface area contributed by atoms with Gasteiger partial charge in [-0.3, -0.25) is 4.98 Å². The lowest BCUT2D eigenvalue weighted by Crippen LogP contribution is -2.38. The molecule has 1 fully saturated rings. The van der Waals surface area contributed by atoms with Crippen molar-refractivity contribution in [3.05, 3.63) is 24.0 Å². The largest absolute Gasteiger partial charge is 0.398 e. The van der Waals surface area contributed by atoms with Crippen molar-refractivity contribution in [3.63, 3.8) is 0 Å². The third-order valence-electron chi connectivity index (χ3n) is 2.72. The molecule has 0 aliphatic carbocycles. The second-order valence-corrected chi connectivity index (χ2v) is 6.42. The van der Waals surface area contributed by atoms with Crippen LogP contribution in [0.2, 0.25) is 0 Å². The van der Waals surface area contributed by atoms with Crippen LogP contribution in [0.5, 0.6) is 0 Å². The van der Waals surface area contributed by atoms with Crippen molar-refractivity contribution in [2.75, 3.05) is 23.0 Å². The Morgan fingerprint density at radius 1 is 1.50 bits per heavy atom. The number of hydrogen-bond acceptors (Lipinski definition) is 5. The van der Waals surface area contributed by atoms with E-state index < -0.39 is 0 Å². The molecule has 1 aliphatic rings. The highest BCUT2D eigenvalue weighted by molar-refractivity contribution is 8.06. The van der Waals surface area contributed by atoms with Gasteiger partial charge in [-0.1, -0.05) is 0 Å². The minimum absolute atomic E-state index is 0.185. The maximum Gasteiger partial charge on any atom is 0.0378 e. The summed E-state index contributed by atoms with van der Waals surface area (Å²) in [4.78, 5) is 4.10. The third-order valence-corrected chi connectivity index (χ3v) is 5.66. The summed E-state index contributed by atoms with van der Waals surface area (Å²) in [6.07, 6.45) is 4.38. The van der Waals surface area contributed by atoms with E-state index in [9.17, 15) is 0 Å². The molecule has 4 N–H and O–H groups in total. The topological polar surface area (TPSA) is 64.9 Å². The second-order valence-electron chi connectivity index (χ2n) is 3.93. The Hall–Kier alpha value is -0.390. The number of hydrogen-bond donors (Lipinski definition) is 2. The molecular formula is C11H17N3S2. The number of anilines is 1. The smallest absolute Gasteiger partial charge is 0.0378 e. The van der Waals surface area contributed by atoms with Gasteiger partial charge in [-0.25, -0.2) is 0 Å². The number of thioether (sulfide) groups is 2. The number of aromatic nitrogens is 1. The maximum atomic E-state index is 6.23. The van der Waals surface area contributed by atoms with Crippen LogP contribution in [0, 0.1) is 0 Å². The van der Waals surface area contributed by atoms with Crippen LogP contribution in [0.15, 0.2) is 18.5 Å². The Balaban J connectivity index is 1.96. The van der Waals surface area contributed by atoms with Gasteiger partial charge in [0.15, 0.2) is 0 Å². The monoisotopic (exact) mass is 255 g/mol. The van der Waals surface area contributed by atoms with E-state index in [4.69, 9.17) is 11.5 Å². The van der Waals surface area contributed by atoms with E-state index in [-0.39, 0.29) is 6.04 Å². The molecule has 16 heavy (non-hydrogen) atoms. The van der Waals surface area contributed by atoms with Crippen LogP contribution in [0.4, 0.5) is 5.69 Å². The molecule has 0 bridgehead atoms. The molecule has 1 saturated heterocycles. The van der Waals surface area contributed by atoms with Gasteiger partial charge in [0.05, 0.1) is 0 Å². The molecule has 2 atom stereocenters. The van der Waals surface area contributed by atoms with E-state index in [0.29, 0.717) is 5.25 Å². The highest BCUT2D eigenvalue weighted by Crippen LogP contribution is 2.27. The van der Waals surface area contributed by atoms with Crippen LogP contribution in [-0.2, 0) is 6.42 Å². The van der Waals surface area contributed by atoms with Crippen LogP contribution >= 0.6 is 23.5 Å². The van der Waals surface area contributed by atoms with Gasteiger partial charge in [-0.2, -0.15) is 23.5 Å². The van der Waals surface area contributed by atoms with E-state index in [0.717, 1.165) is 23.4 Å². The van der Waals surface area contributed by atoms with Gasteiger partial charge in [-0.15, -0.1) is 0 Å². The average molecular weight is 255 g/mol. The molecule has 0 aromatic carbocycles. The van der Waals surface area contributed by atoms with Crippen molar-refractivity contribution in [1.29, 1.82) is 0 Å². The summed E-state index contributed by atoms with van der Waals surface area (Å²) in [6.45, 7) is 0. The molecule has 0 radical (unpaired) electrons. The van der Waals surface area contributed by atoms with Gasteiger partial charge in [0.2, 0.25) is 0 Å². The van der Waals surface area contributed by atoms with Crippen molar-refractivity contribution in [3.8, 4) is 0 Å². The van der Waals surface area contributed by atoms with Crippen molar-refractivity contribution in [1.82, 2.24) is 4.98 Å². The number of rotatable bonds is 3. The van der Waals surface area contributed by atoms with E-state index in [2.05, 4.69) is 4.98 Å². The Kier molecular flexibility index (Phi) is 4.37. The summed E-state index contributed by atoms with van der Waals surface area (Å²) in [5.74, 6) is 3.63. The van der Waals surface area contributed by atoms with Crippen LogP contribution in [-0.4, -0.2) is 33.5 Å². The van der Waals surface area contributed by atoms with Crippen molar-refractivity contribution >= 4 is 29.2 Å². The fraction of sp³-hybridized carbons (Fsp3) is 0.545. The van der Waals surface area contributed by atoms with Gasteiger partial charge in [0.25, 0.3) is 0 Å². The highest BCUT2D eigenvalue weighted by Gasteiger charge is 2.22. The molecule has 0 amide bonds. The van der Waals surface area contributed by atoms with Gasteiger partial charge < -0.3 is 11.5 Å². The van der Waals surface area contributed by atoms with E-state index >= 15 is 0 Å². The number of nitrogens with two attached hydrogens (primary N) is 2. The molecule has 5 heteroatoms. The molecule has 2 heterocycles. The normalized spacial score (nSPS) is 22.9. The first kappa shape index (κ1) is 12.1. The zero-order valence-electron chi connectivity index (χ0n) is 9.13. The fourth-order valence-corrected chi connectivity index (χ4v) is 4.57. The Morgan fingerprint density at radius 3 is 3.06 bits per heavy atom. The minimum atomic E-state index is 0.185. The van der Waals surface area contributed by atoms with Gasteiger partial charge in [-0.05, 0) is 18.1 Å². The van der Waals surface area contributed by atoms with Crippen LogP contribution < -0.4 is 11.5 Å². The van der Waals surface area contributed by atoms with E-state index in [1.807, 2.05) is 35.8 Å². The third kappa shape index (κ3) is 3.06. The molecule has 1 aromatic heterocycles. The Labute approximate surface area is 105 Å². The minimum Gasteiger partial charge on any atom is -0.398 e. The zero-order valence-corrected chi connectivity index (χ0v) is 10.8. The maximum absolute atomic E-state index is 6.23. The molecule has 1 aliphatic heterocycles. The molecule has 0 spiro atoms. The first-order valence-electron chi connectivity index (χ1n) is 5.40. The molecule has 2 unspecified atom stereocenters. The van der Waals surface area contributed by atoms with Crippen molar-refractivity contribution in [2.24, 2.45) is 5.73 Å². The molecule has 88 valence electrons. The fourth-order valence-electron chi connectivity index (χ4n) is 1.75. The number of pyridine rings is 1. The van der Waals surface area contributed by atoms with E-state index in [1.54, 1.807) is 6.20 Å². The summed E-state index contributed by atoms with van der Waals surface area (Å²) in [5, 5.41) is 0.554. The predicted molar refractivity (Wildman–Crippen MR) is 73.9 cm³/mol. The Morgan fingerprint density at radius 2 is 2.38 bits per heavy atom. The number of nitrogen functional groups attached to an aromatic ring is 1. The van der Waals surface area contributed by atoms with Crippen molar-refractivity contribution in [2.45, 2.75) is 17.7 Å².